The summed E-state index contributed by atoms with van der Waals surface area (Å²) in [5.41, 5.74) is 1.02. The average molecular weight is 424 g/mol. The summed E-state index contributed by atoms with van der Waals surface area (Å²) in [6.45, 7) is 3.86. The minimum Gasteiger partial charge on any atom is -0.353 e. The van der Waals surface area contributed by atoms with Crippen molar-refractivity contribution in [3.05, 3.63) is 53.3 Å². The van der Waals surface area contributed by atoms with Gasteiger partial charge in [0.1, 0.15) is 0 Å². The molecule has 8 heteroatoms. The van der Waals surface area contributed by atoms with Crippen molar-refractivity contribution in [2.45, 2.75) is 50.2 Å². The molecule has 3 rings (SSSR count). The van der Waals surface area contributed by atoms with Gasteiger partial charge in [0.25, 0.3) is 0 Å². The van der Waals surface area contributed by atoms with Crippen molar-refractivity contribution in [1.82, 2.24) is 13.8 Å². The molecule has 28 heavy (non-hydrogen) atoms. The van der Waals surface area contributed by atoms with Crippen LogP contribution in [0.3, 0.4) is 0 Å². The molecule has 1 heterocycles. The van der Waals surface area contributed by atoms with Crippen molar-refractivity contribution < 1.29 is 13.2 Å². The first-order valence-electron chi connectivity index (χ1n) is 9.37. The molecule has 6 nitrogen and oxygen atoms in total. The Hall–Kier alpha value is -1.83. The highest BCUT2D eigenvalue weighted by Gasteiger charge is 2.36. The molecule has 1 amide bonds. The maximum atomic E-state index is 13.1. The van der Waals surface area contributed by atoms with Crippen molar-refractivity contribution >= 4 is 27.5 Å². The van der Waals surface area contributed by atoms with Gasteiger partial charge < -0.3 is 9.47 Å². The maximum absolute atomic E-state index is 13.1. The summed E-state index contributed by atoms with van der Waals surface area (Å²) in [5.74, 6) is -0.171. The molecule has 1 aromatic carbocycles. The second kappa shape index (κ2) is 8.27. The van der Waals surface area contributed by atoms with E-state index in [1.54, 1.807) is 26.0 Å². The van der Waals surface area contributed by atoms with Crippen LogP contribution in [-0.4, -0.2) is 46.7 Å². The van der Waals surface area contributed by atoms with Gasteiger partial charge in [0.2, 0.25) is 15.9 Å². The van der Waals surface area contributed by atoms with Gasteiger partial charge in [-0.25, -0.2) is 8.42 Å². The van der Waals surface area contributed by atoms with E-state index < -0.39 is 10.0 Å². The SMILES string of the molecule is CC(C)N(CC(=O)N(Cc1cccn1C)C1CC1)S(=O)(=O)c1ccc(Cl)cc1. The fourth-order valence-electron chi connectivity index (χ4n) is 3.15. The highest BCUT2D eigenvalue weighted by Crippen LogP contribution is 2.29. The van der Waals surface area contributed by atoms with Crippen LogP contribution in [0.1, 0.15) is 32.4 Å². The van der Waals surface area contributed by atoms with Crippen LogP contribution < -0.4 is 0 Å². The normalized spacial score (nSPS) is 14.6. The number of hydrogen-bond acceptors (Lipinski definition) is 3. The number of rotatable bonds is 8. The molecule has 1 saturated carbocycles. The van der Waals surface area contributed by atoms with Crippen LogP contribution in [-0.2, 0) is 28.4 Å². The van der Waals surface area contributed by atoms with Crippen molar-refractivity contribution in [1.29, 1.82) is 0 Å². The summed E-state index contributed by atoms with van der Waals surface area (Å²) in [7, 11) is -1.86. The quantitative estimate of drug-likeness (QED) is 0.654. The number of nitrogens with zero attached hydrogens (tertiary/aromatic N) is 3. The predicted octanol–water partition coefficient (Wildman–Crippen LogP) is 3.27. The lowest BCUT2D eigenvalue weighted by Crippen LogP contribution is -2.46. The number of aromatic nitrogens is 1. The van der Waals surface area contributed by atoms with Crippen LogP contribution in [0.25, 0.3) is 0 Å². The lowest BCUT2D eigenvalue weighted by atomic mass is 10.3. The van der Waals surface area contributed by atoms with E-state index in [-0.39, 0.29) is 29.4 Å². The van der Waals surface area contributed by atoms with Crippen molar-refractivity contribution in [2.75, 3.05) is 6.54 Å². The third-order valence-electron chi connectivity index (χ3n) is 4.98. The van der Waals surface area contributed by atoms with E-state index in [9.17, 15) is 13.2 Å². The largest absolute Gasteiger partial charge is 0.353 e. The Morgan fingerprint density at radius 2 is 1.86 bits per heavy atom. The number of halogens is 1. The topological polar surface area (TPSA) is 62.6 Å². The minimum absolute atomic E-state index is 0.138. The summed E-state index contributed by atoms with van der Waals surface area (Å²) < 4.78 is 29.5. The Bertz CT molecular complexity index is 934. The van der Waals surface area contributed by atoms with Gasteiger partial charge in [-0.3, -0.25) is 4.79 Å². The van der Waals surface area contributed by atoms with Crippen LogP contribution in [0.15, 0.2) is 47.5 Å². The van der Waals surface area contributed by atoms with Crippen LogP contribution in [0.2, 0.25) is 5.02 Å². The van der Waals surface area contributed by atoms with Gasteiger partial charge in [-0.2, -0.15) is 4.31 Å². The van der Waals surface area contributed by atoms with E-state index in [1.165, 1.54) is 16.4 Å². The van der Waals surface area contributed by atoms with E-state index in [2.05, 4.69) is 0 Å². The monoisotopic (exact) mass is 423 g/mol. The van der Waals surface area contributed by atoms with Gasteiger partial charge >= 0.3 is 0 Å². The molecule has 0 radical (unpaired) electrons. The summed E-state index contributed by atoms with van der Waals surface area (Å²) in [5, 5.41) is 0.466. The summed E-state index contributed by atoms with van der Waals surface area (Å²) in [6, 6.07) is 9.79. The molecule has 152 valence electrons. The number of carbonyl (C=O) groups excluding carboxylic acids is 1. The van der Waals surface area contributed by atoms with E-state index >= 15 is 0 Å². The fraction of sp³-hybridized carbons (Fsp3) is 0.450. The van der Waals surface area contributed by atoms with Crippen molar-refractivity contribution in [3.8, 4) is 0 Å². The van der Waals surface area contributed by atoms with Gasteiger partial charge in [0, 0.05) is 36.0 Å². The smallest absolute Gasteiger partial charge is 0.243 e. The second-order valence-corrected chi connectivity index (χ2v) is 9.79. The van der Waals surface area contributed by atoms with Crippen molar-refractivity contribution in [3.63, 3.8) is 0 Å². The average Bonchev–Trinajstić information content (AvgIpc) is 3.39. The van der Waals surface area contributed by atoms with Crippen LogP contribution in [0, 0.1) is 0 Å². The Balaban J connectivity index is 1.81. The third-order valence-corrected chi connectivity index (χ3v) is 7.27. The molecule has 0 saturated heterocycles. The van der Waals surface area contributed by atoms with Gasteiger partial charge in [-0.15, -0.1) is 0 Å². The molecule has 0 bridgehead atoms. The number of sulfonamides is 1. The van der Waals surface area contributed by atoms with E-state index in [0.29, 0.717) is 11.6 Å². The number of benzene rings is 1. The minimum atomic E-state index is -3.80. The fourth-order valence-corrected chi connectivity index (χ4v) is 4.87. The Morgan fingerprint density at radius 3 is 2.36 bits per heavy atom. The molecule has 0 aliphatic heterocycles. The molecule has 1 fully saturated rings. The number of hydrogen-bond donors (Lipinski definition) is 0. The highest BCUT2D eigenvalue weighted by atomic mass is 35.5. The number of amides is 1. The molecule has 1 aliphatic carbocycles. The lowest BCUT2D eigenvalue weighted by Gasteiger charge is -2.29. The van der Waals surface area contributed by atoms with E-state index in [4.69, 9.17) is 11.6 Å². The predicted molar refractivity (Wildman–Crippen MR) is 109 cm³/mol. The summed E-state index contributed by atoms with van der Waals surface area (Å²) in [4.78, 5) is 15.0. The van der Waals surface area contributed by atoms with Gasteiger partial charge in [-0.05, 0) is 63.1 Å². The number of carbonyl (C=O) groups is 1. The van der Waals surface area contributed by atoms with E-state index in [1.807, 2.05) is 34.8 Å². The van der Waals surface area contributed by atoms with Crippen LogP contribution >= 0.6 is 11.6 Å². The van der Waals surface area contributed by atoms with Crippen molar-refractivity contribution in [2.24, 2.45) is 7.05 Å². The number of aryl methyl sites for hydroxylation is 1. The molecule has 0 atom stereocenters. The summed E-state index contributed by atoms with van der Waals surface area (Å²) in [6.07, 6.45) is 3.86. The molecule has 1 aliphatic rings. The van der Waals surface area contributed by atoms with Gasteiger partial charge in [-0.1, -0.05) is 11.6 Å². The van der Waals surface area contributed by atoms with Crippen LogP contribution in [0.4, 0.5) is 0 Å². The first-order valence-corrected chi connectivity index (χ1v) is 11.2. The molecular formula is C20H26ClN3O3S. The lowest BCUT2D eigenvalue weighted by molar-refractivity contribution is -0.133. The van der Waals surface area contributed by atoms with Gasteiger partial charge in [0.05, 0.1) is 18.0 Å². The molecule has 0 N–H and O–H groups in total. The zero-order valence-electron chi connectivity index (χ0n) is 16.4. The third kappa shape index (κ3) is 4.59. The second-order valence-electron chi connectivity index (χ2n) is 7.46. The summed E-state index contributed by atoms with van der Waals surface area (Å²) >= 11 is 5.88. The molecular weight excluding hydrogens is 398 g/mol. The molecule has 0 spiro atoms. The Kier molecular flexibility index (Phi) is 6.17. The van der Waals surface area contributed by atoms with Gasteiger partial charge in [0.15, 0.2) is 0 Å². The maximum Gasteiger partial charge on any atom is 0.243 e. The Labute approximate surface area is 171 Å². The van der Waals surface area contributed by atoms with E-state index in [0.717, 1.165) is 18.5 Å². The molecule has 2 aromatic rings. The Morgan fingerprint density at radius 1 is 1.21 bits per heavy atom. The zero-order chi connectivity index (χ0) is 20.5. The zero-order valence-corrected chi connectivity index (χ0v) is 17.9. The molecule has 0 unspecified atom stereocenters. The first kappa shape index (κ1) is 20.9. The molecule has 1 aromatic heterocycles. The highest BCUT2D eigenvalue weighted by molar-refractivity contribution is 7.89. The first-order chi connectivity index (χ1) is 13.2. The standard InChI is InChI=1S/C20H26ClN3O3S/c1-15(2)24(28(26,27)19-10-6-16(21)7-11-19)14-20(25)23(17-8-9-17)13-18-5-4-12-22(18)3/h4-7,10-12,15,17H,8-9,13-14H2,1-3H3. The van der Waals surface area contributed by atoms with Crippen LogP contribution in [0.5, 0.6) is 0 Å².